The van der Waals surface area contributed by atoms with E-state index in [1.54, 1.807) is 6.07 Å². The third-order valence-electron chi connectivity index (χ3n) is 4.19. The average Bonchev–Trinajstić information content (AvgIpc) is 2.75. The van der Waals surface area contributed by atoms with Crippen LogP contribution < -0.4 is 5.46 Å². The second-order valence-electron chi connectivity index (χ2n) is 6.05. The molecule has 1 aliphatic rings. The van der Waals surface area contributed by atoms with E-state index < -0.39 is 7.12 Å². The largest absolute Gasteiger partial charge is 0.495 e. The fourth-order valence-corrected chi connectivity index (χ4v) is 2.34. The second kappa shape index (κ2) is 3.77. The van der Waals surface area contributed by atoms with Gasteiger partial charge in [0.2, 0.25) is 0 Å². The summed E-state index contributed by atoms with van der Waals surface area (Å²) in [6, 6.07) is 7.52. The van der Waals surface area contributed by atoms with E-state index in [4.69, 9.17) is 9.31 Å². The minimum atomic E-state index is -0.413. The average molecular weight is 259 g/mol. The monoisotopic (exact) mass is 259 g/mol. The lowest BCUT2D eigenvalue weighted by Gasteiger charge is -2.32. The number of nitrogens with one attached hydrogen (secondary N) is 1. The quantitative estimate of drug-likeness (QED) is 0.772. The first-order valence-electron chi connectivity index (χ1n) is 6.46. The summed E-state index contributed by atoms with van der Waals surface area (Å²) in [7, 11) is -0.413. The highest BCUT2D eigenvalue weighted by Crippen LogP contribution is 2.37. The number of benzene rings is 1. The zero-order chi connectivity index (χ0) is 13.8. The van der Waals surface area contributed by atoms with Crippen LogP contribution in [0.25, 0.3) is 10.9 Å². The van der Waals surface area contributed by atoms with E-state index in [2.05, 4.69) is 4.98 Å². The number of hydrogen-bond donors (Lipinski definition) is 2. The fraction of sp³-hybridized carbons (Fsp3) is 0.429. The third-order valence-corrected chi connectivity index (χ3v) is 4.19. The van der Waals surface area contributed by atoms with Crippen LogP contribution in [0.1, 0.15) is 27.7 Å². The Morgan fingerprint density at radius 2 is 1.74 bits per heavy atom. The number of aromatic amines is 1. The molecule has 0 saturated carbocycles. The molecule has 0 bridgehead atoms. The summed E-state index contributed by atoms with van der Waals surface area (Å²) >= 11 is 0. The van der Waals surface area contributed by atoms with Gasteiger partial charge in [0.05, 0.1) is 11.2 Å². The van der Waals surface area contributed by atoms with Crippen molar-refractivity contribution in [2.24, 2.45) is 0 Å². The summed E-state index contributed by atoms with van der Waals surface area (Å²) in [5.41, 5.74) is 1.09. The molecule has 5 heteroatoms. The Morgan fingerprint density at radius 3 is 2.37 bits per heavy atom. The third kappa shape index (κ3) is 1.85. The van der Waals surface area contributed by atoms with Gasteiger partial charge in [-0.15, -0.1) is 0 Å². The summed E-state index contributed by atoms with van der Waals surface area (Å²) in [5.74, 6) is 0.152. The van der Waals surface area contributed by atoms with Crippen LogP contribution in [0.4, 0.5) is 0 Å². The Labute approximate surface area is 112 Å². The van der Waals surface area contributed by atoms with Crippen molar-refractivity contribution in [2.45, 2.75) is 38.9 Å². The summed E-state index contributed by atoms with van der Waals surface area (Å²) in [6.07, 6.45) is 0. The smallest absolute Gasteiger partial charge is 0.495 e. The van der Waals surface area contributed by atoms with Crippen molar-refractivity contribution >= 4 is 23.5 Å². The molecular weight excluding hydrogens is 241 g/mol. The van der Waals surface area contributed by atoms with Crippen LogP contribution in [-0.2, 0) is 9.31 Å². The van der Waals surface area contributed by atoms with E-state index in [1.165, 1.54) is 0 Å². The van der Waals surface area contributed by atoms with Gasteiger partial charge in [-0.3, -0.25) is 0 Å². The molecule has 2 aromatic rings. The molecule has 1 aromatic carbocycles. The van der Waals surface area contributed by atoms with Gasteiger partial charge in [0.1, 0.15) is 0 Å². The summed E-state index contributed by atoms with van der Waals surface area (Å²) < 4.78 is 12.1. The van der Waals surface area contributed by atoms with Gasteiger partial charge >= 0.3 is 7.12 Å². The first-order valence-corrected chi connectivity index (χ1v) is 6.46. The van der Waals surface area contributed by atoms with Crippen molar-refractivity contribution in [1.29, 1.82) is 0 Å². The molecule has 3 rings (SSSR count). The Morgan fingerprint density at radius 1 is 1.11 bits per heavy atom. The zero-order valence-electron chi connectivity index (χ0n) is 11.7. The maximum Gasteiger partial charge on any atom is 0.495 e. The highest BCUT2D eigenvalue weighted by atomic mass is 16.7. The Balaban J connectivity index is 2.07. The van der Waals surface area contributed by atoms with Crippen LogP contribution in [0.3, 0.4) is 0 Å². The van der Waals surface area contributed by atoms with Gasteiger partial charge in [0.15, 0.2) is 5.88 Å². The SMILES string of the molecule is CC1(C)OB(c2cccc3[nH]c(O)cc23)OC1(C)C. The minimum absolute atomic E-state index is 0.152. The molecule has 1 fully saturated rings. The van der Waals surface area contributed by atoms with Gasteiger partial charge < -0.3 is 19.4 Å². The molecule has 4 nitrogen and oxygen atoms in total. The molecule has 1 aromatic heterocycles. The number of H-pyrrole nitrogens is 1. The van der Waals surface area contributed by atoms with Crippen molar-refractivity contribution in [3.63, 3.8) is 0 Å². The van der Waals surface area contributed by atoms with Gasteiger partial charge in [-0.1, -0.05) is 12.1 Å². The van der Waals surface area contributed by atoms with E-state index in [-0.39, 0.29) is 17.1 Å². The predicted molar refractivity (Wildman–Crippen MR) is 75.7 cm³/mol. The number of aromatic nitrogens is 1. The van der Waals surface area contributed by atoms with E-state index in [0.29, 0.717) is 0 Å². The molecule has 0 unspecified atom stereocenters. The van der Waals surface area contributed by atoms with E-state index in [9.17, 15) is 5.11 Å². The Bertz CT molecular complexity index is 617. The van der Waals surface area contributed by atoms with Crippen molar-refractivity contribution in [1.82, 2.24) is 4.98 Å². The lowest BCUT2D eigenvalue weighted by molar-refractivity contribution is 0.00578. The van der Waals surface area contributed by atoms with Crippen LogP contribution in [0.15, 0.2) is 24.3 Å². The first-order chi connectivity index (χ1) is 8.80. The molecule has 0 spiro atoms. The number of aromatic hydroxyl groups is 1. The summed E-state index contributed by atoms with van der Waals surface area (Å²) in [5, 5.41) is 10.5. The van der Waals surface area contributed by atoms with Crippen molar-refractivity contribution < 1.29 is 14.4 Å². The van der Waals surface area contributed by atoms with Crippen molar-refractivity contribution in [3.05, 3.63) is 24.3 Å². The van der Waals surface area contributed by atoms with E-state index in [1.807, 2.05) is 45.9 Å². The second-order valence-corrected chi connectivity index (χ2v) is 6.05. The molecule has 0 aliphatic carbocycles. The van der Waals surface area contributed by atoms with Crippen LogP contribution in [0.5, 0.6) is 5.88 Å². The number of hydrogen-bond acceptors (Lipinski definition) is 3. The van der Waals surface area contributed by atoms with Gasteiger partial charge in [-0.2, -0.15) is 0 Å². The highest BCUT2D eigenvalue weighted by Gasteiger charge is 2.52. The fourth-order valence-electron chi connectivity index (χ4n) is 2.34. The Hall–Kier alpha value is -1.46. The van der Waals surface area contributed by atoms with Gasteiger partial charge in [-0.25, -0.2) is 0 Å². The number of rotatable bonds is 1. The predicted octanol–water partition coefficient (Wildman–Crippen LogP) is 2.17. The van der Waals surface area contributed by atoms with Crippen LogP contribution in [-0.4, -0.2) is 28.4 Å². The molecule has 2 heterocycles. The molecule has 100 valence electrons. The maximum absolute atomic E-state index is 9.59. The van der Waals surface area contributed by atoms with Crippen LogP contribution in [0.2, 0.25) is 0 Å². The van der Waals surface area contributed by atoms with Crippen LogP contribution in [0, 0.1) is 0 Å². The standard InChI is InChI=1S/C14H18BNO3/c1-13(2)14(3,4)19-15(18-13)10-6-5-7-11-9(10)8-12(17)16-11/h5-8,16-17H,1-4H3. The molecule has 0 amide bonds. The normalized spacial score (nSPS) is 21.2. The molecule has 2 N–H and O–H groups in total. The van der Waals surface area contributed by atoms with Crippen LogP contribution >= 0.6 is 0 Å². The first kappa shape index (κ1) is 12.6. The minimum Gasteiger partial charge on any atom is -0.495 e. The molecule has 1 saturated heterocycles. The summed E-state index contributed by atoms with van der Waals surface area (Å²) in [6.45, 7) is 8.12. The lowest BCUT2D eigenvalue weighted by Crippen LogP contribution is -2.41. The van der Waals surface area contributed by atoms with Gasteiger partial charge in [0, 0.05) is 17.0 Å². The topological polar surface area (TPSA) is 54.5 Å². The van der Waals surface area contributed by atoms with Crippen molar-refractivity contribution in [3.8, 4) is 5.88 Å². The molecule has 0 atom stereocenters. The van der Waals surface area contributed by atoms with Crippen molar-refractivity contribution in [2.75, 3.05) is 0 Å². The van der Waals surface area contributed by atoms with Gasteiger partial charge in [0.25, 0.3) is 0 Å². The molecule has 19 heavy (non-hydrogen) atoms. The molecule has 1 aliphatic heterocycles. The van der Waals surface area contributed by atoms with E-state index in [0.717, 1.165) is 16.4 Å². The zero-order valence-corrected chi connectivity index (χ0v) is 11.7. The summed E-state index contributed by atoms with van der Waals surface area (Å²) in [4.78, 5) is 2.91. The Kier molecular flexibility index (Phi) is 2.50. The lowest BCUT2D eigenvalue weighted by atomic mass is 9.77. The highest BCUT2D eigenvalue weighted by molar-refractivity contribution is 6.65. The maximum atomic E-state index is 9.59. The molecule has 0 radical (unpaired) electrons. The van der Waals surface area contributed by atoms with Gasteiger partial charge in [-0.05, 0) is 39.2 Å². The molecular formula is C14H18BNO3. The van der Waals surface area contributed by atoms with E-state index >= 15 is 0 Å². The number of fused-ring (bicyclic) bond motifs is 1.